The number of halogens is 3. The Morgan fingerprint density at radius 1 is 0.793 bits per heavy atom. The van der Waals surface area contributed by atoms with Gasteiger partial charge in [-0.1, -0.05) is 58.3 Å². The second-order valence-corrected chi connectivity index (χ2v) is 8.74. The Morgan fingerprint density at radius 3 is 1.86 bits per heavy atom. The first-order valence-corrected chi connectivity index (χ1v) is 11.6. The molecule has 0 spiro atoms. The smallest absolute Gasteiger partial charge is 0.132 e. The summed E-state index contributed by atoms with van der Waals surface area (Å²) >= 11 is 0. The van der Waals surface area contributed by atoms with E-state index in [1.165, 1.54) is 44.9 Å². The number of ether oxygens (including phenoxy) is 1. The van der Waals surface area contributed by atoms with E-state index in [1.54, 1.807) is 0 Å². The van der Waals surface area contributed by atoms with E-state index in [-0.39, 0.29) is 11.2 Å². The van der Waals surface area contributed by atoms with Gasteiger partial charge in [0.2, 0.25) is 0 Å². The fraction of sp³-hybridized carbons (Fsp3) is 0.760. The Bertz CT molecular complexity index is 548. The minimum atomic E-state index is -0.862. The van der Waals surface area contributed by atoms with Crippen LogP contribution in [0.5, 0.6) is 0 Å². The fourth-order valence-electron chi connectivity index (χ4n) is 4.18. The first-order chi connectivity index (χ1) is 13.8. The molecular formula is C25H41F3O. The van der Waals surface area contributed by atoms with Gasteiger partial charge in [-0.3, -0.25) is 0 Å². The Kier molecular flexibility index (Phi) is 12.6. The standard InChI is InChI=1S/C25H41F3O/c1-5-7-8-9-10-12-15-20(25(3,4)29-6-2)16-13-11-14-17-22-23(27)18-21(26)19-24(22)28/h18-20H,5-17H2,1-4H3. The molecule has 0 N–H and O–H groups in total. The van der Waals surface area contributed by atoms with Crippen molar-refractivity contribution in [3.05, 3.63) is 35.1 Å². The van der Waals surface area contributed by atoms with Crippen molar-refractivity contribution in [2.45, 2.75) is 110 Å². The van der Waals surface area contributed by atoms with Gasteiger partial charge in [-0.2, -0.15) is 0 Å². The molecule has 0 saturated carbocycles. The predicted octanol–water partition coefficient (Wildman–Crippen LogP) is 8.39. The van der Waals surface area contributed by atoms with Crippen LogP contribution in [0.25, 0.3) is 0 Å². The van der Waals surface area contributed by atoms with E-state index in [9.17, 15) is 13.2 Å². The number of hydrogen-bond donors (Lipinski definition) is 0. The molecule has 1 aromatic rings. The second-order valence-electron chi connectivity index (χ2n) is 8.74. The lowest BCUT2D eigenvalue weighted by Gasteiger charge is -2.34. The lowest BCUT2D eigenvalue weighted by molar-refractivity contribution is -0.0605. The molecule has 0 saturated heterocycles. The van der Waals surface area contributed by atoms with Gasteiger partial charge >= 0.3 is 0 Å². The number of unbranched alkanes of at least 4 members (excludes halogenated alkanes) is 7. The van der Waals surface area contributed by atoms with Crippen LogP contribution in [-0.2, 0) is 11.2 Å². The lowest BCUT2D eigenvalue weighted by Crippen LogP contribution is -2.34. The fourth-order valence-corrected chi connectivity index (χ4v) is 4.18. The summed E-state index contributed by atoms with van der Waals surface area (Å²) in [7, 11) is 0. The normalized spacial score (nSPS) is 13.1. The van der Waals surface area contributed by atoms with Crippen LogP contribution < -0.4 is 0 Å². The van der Waals surface area contributed by atoms with Crippen LogP contribution in [0.1, 0.15) is 104 Å². The van der Waals surface area contributed by atoms with E-state index in [2.05, 4.69) is 20.8 Å². The third-order valence-electron chi connectivity index (χ3n) is 5.99. The molecule has 0 aliphatic heterocycles. The zero-order chi connectivity index (χ0) is 21.7. The molecule has 4 heteroatoms. The highest BCUT2D eigenvalue weighted by molar-refractivity contribution is 5.20. The van der Waals surface area contributed by atoms with Gasteiger partial charge in [0.25, 0.3) is 0 Å². The largest absolute Gasteiger partial charge is 0.376 e. The molecule has 29 heavy (non-hydrogen) atoms. The SMILES string of the molecule is CCCCCCCCC(CCCCCc1c(F)cc(F)cc1F)C(C)(C)OCC. The zero-order valence-electron chi connectivity index (χ0n) is 19.0. The van der Waals surface area contributed by atoms with E-state index in [1.807, 2.05) is 6.92 Å². The van der Waals surface area contributed by atoms with Crippen LogP contribution in [0, 0.1) is 23.4 Å². The molecule has 0 aliphatic carbocycles. The van der Waals surface area contributed by atoms with Crippen molar-refractivity contribution in [2.75, 3.05) is 6.61 Å². The van der Waals surface area contributed by atoms with Gasteiger partial charge < -0.3 is 4.74 Å². The summed E-state index contributed by atoms with van der Waals surface area (Å²) in [4.78, 5) is 0. The van der Waals surface area contributed by atoms with Gasteiger partial charge in [-0.25, -0.2) is 13.2 Å². The van der Waals surface area contributed by atoms with Crippen molar-refractivity contribution < 1.29 is 17.9 Å². The van der Waals surface area contributed by atoms with Crippen molar-refractivity contribution in [1.29, 1.82) is 0 Å². The molecule has 0 radical (unpaired) electrons. The van der Waals surface area contributed by atoms with Crippen LogP contribution in [0.3, 0.4) is 0 Å². The van der Waals surface area contributed by atoms with Gasteiger partial charge in [0, 0.05) is 24.3 Å². The van der Waals surface area contributed by atoms with E-state index in [4.69, 9.17) is 4.74 Å². The van der Waals surface area contributed by atoms with E-state index >= 15 is 0 Å². The molecule has 0 aromatic heterocycles. The van der Waals surface area contributed by atoms with Crippen molar-refractivity contribution in [3.8, 4) is 0 Å². The maximum absolute atomic E-state index is 13.7. The molecular weight excluding hydrogens is 373 g/mol. The Hall–Kier alpha value is -1.03. The molecule has 0 fully saturated rings. The Labute approximate surface area is 176 Å². The summed E-state index contributed by atoms with van der Waals surface area (Å²) in [5.74, 6) is -1.92. The highest BCUT2D eigenvalue weighted by atomic mass is 19.1. The van der Waals surface area contributed by atoms with E-state index in [0.717, 1.165) is 31.4 Å². The molecule has 168 valence electrons. The predicted molar refractivity (Wildman–Crippen MR) is 116 cm³/mol. The van der Waals surface area contributed by atoms with Gasteiger partial charge in [0.1, 0.15) is 17.5 Å². The number of benzene rings is 1. The molecule has 1 rings (SSSR count). The monoisotopic (exact) mass is 414 g/mol. The number of hydrogen-bond acceptors (Lipinski definition) is 1. The zero-order valence-corrected chi connectivity index (χ0v) is 19.0. The third kappa shape index (κ3) is 10.0. The molecule has 0 heterocycles. The van der Waals surface area contributed by atoms with Gasteiger partial charge in [-0.15, -0.1) is 0 Å². The quantitative estimate of drug-likeness (QED) is 0.247. The van der Waals surface area contributed by atoms with Crippen LogP contribution in [0.15, 0.2) is 12.1 Å². The summed E-state index contributed by atoms with van der Waals surface area (Å²) < 4.78 is 46.5. The highest BCUT2D eigenvalue weighted by Gasteiger charge is 2.29. The van der Waals surface area contributed by atoms with Crippen molar-refractivity contribution >= 4 is 0 Å². The molecule has 1 aromatic carbocycles. The van der Waals surface area contributed by atoms with Crippen LogP contribution in [-0.4, -0.2) is 12.2 Å². The topological polar surface area (TPSA) is 9.23 Å². The van der Waals surface area contributed by atoms with E-state index < -0.39 is 17.5 Å². The van der Waals surface area contributed by atoms with Gasteiger partial charge in [0.15, 0.2) is 0 Å². The molecule has 0 aliphatic rings. The van der Waals surface area contributed by atoms with Crippen LogP contribution in [0.2, 0.25) is 0 Å². The summed E-state index contributed by atoms with van der Waals surface area (Å²) in [6, 6.07) is 1.53. The first kappa shape index (κ1) is 26.0. The maximum atomic E-state index is 13.7. The molecule has 0 bridgehead atoms. The van der Waals surface area contributed by atoms with Crippen molar-refractivity contribution in [2.24, 2.45) is 5.92 Å². The maximum Gasteiger partial charge on any atom is 0.132 e. The molecule has 1 unspecified atom stereocenters. The van der Waals surface area contributed by atoms with Crippen LogP contribution >= 0.6 is 0 Å². The molecule has 1 nitrogen and oxygen atoms in total. The van der Waals surface area contributed by atoms with Crippen molar-refractivity contribution in [1.82, 2.24) is 0 Å². The summed E-state index contributed by atoms with van der Waals surface area (Å²) in [6.07, 6.45) is 12.9. The Morgan fingerprint density at radius 2 is 1.31 bits per heavy atom. The summed E-state index contributed by atoms with van der Waals surface area (Å²) in [6.45, 7) is 9.35. The summed E-state index contributed by atoms with van der Waals surface area (Å²) in [5, 5.41) is 0. The average molecular weight is 415 g/mol. The third-order valence-corrected chi connectivity index (χ3v) is 5.99. The minimum Gasteiger partial charge on any atom is -0.376 e. The van der Waals surface area contributed by atoms with Gasteiger partial charge in [-0.05, 0) is 52.4 Å². The average Bonchev–Trinajstić information content (AvgIpc) is 2.63. The second kappa shape index (κ2) is 14.1. The summed E-state index contributed by atoms with van der Waals surface area (Å²) in [5.41, 5.74) is -0.141. The Balaban J connectivity index is 2.43. The number of rotatable bonds is 16. The molecule has 1 atom stereocenters. The van der Waals surface area contributed by atoms with Crippen LogP contribution in [0.4, 0.5) is 13.2 Å². The molecule has 0 amide bonds. The highest BCUT2D eigenvalue weighted by Crippen LogP contribution is 2.31. The van der Waals surface area contributed by atoms with E-state index in [0.29, 0.717) is 25.4 Å². The van der Waals surface area contributed by atoms with Crippen molar-refractivity contribution in [3.63, 3.8) is 0 Å². The van der Waals surface area contributed by atoms with Gasteiger partial charge in [0.05, 0.1) is 5.60 Å². The minimum absolute atomic E-state index is 0.00433. The lowest BCUT2D eigenvalue weighted by atomic mass is 9.82. The first-order valence-electron chi connectivity index (χ1n) is 11.6.